The first-order valence-corrected chi connectivity index (χ1v) is 8.68. The Balaban J connectivity index is 2.03. The molecule has 23 heavy (non-hydrogen) atoms. The van der Waals surface area contributed by atoms with Crippen molar-refractivity contribution in [3.8, 4) is 0 Å². The lowest BCUT2D eigenvalue weighted by Crippen LogP contribution is -2.32. The second-order valence-electron chi connectivity index (χ2n) is 6.59. The third kappa shape index (κ3) is 3.92. The van der Waals surface area contributed by atoms with Crippen LogP contribution in [-0.2, 0) is 22.6 Å². The molecule has 0 spiro atoms. The van der Waals surface area contributed by atoms with Gasteiger partial charge in [-0.3, -0.25) is 9.59 Å². The van der Waals surface area contributed by atoms with Crippen LogP contribution in [0.5, 0.6) is 0 Å². The van der Waals surface area contributed by atoms with E-state index >= 15 is 0 Å². The first-order chi connectivity index (χ1) is 11.0. The molecule has 0 saturated heterocycles. The van der Waals surface area contributed by atoms with E-state index < -0.39 is 0 Å². The Kier molecular flexibility index (Phi) is 5.80. The van der Waals surface area contributed by atoms with Crippen LogP contribution in [0.4, 0.5) is 5.69 Å². The van der Waals surface area contributed by atoms with Crippen LogP contribution in [-0.4, -0.2) is 18.4 Å². The summed E-state index contributed by atoms with van der Waals surface area (Å²) in [5, 5.41) is 3.02. The highest BCUT2D eigenvalue weighted by atomic mass is 16.2. The number of nitrogens with one attached hydrogen (secondary N) is 1. The molecule has 1 N–H and O–H groups in total. The average Bonchev–Trinajstić information content (AvgIpc) is 2.96. The van der Waals surface area contributed by atoms with Gasteiger partial charge in [0, 0.05) is 30.6 Å². The summed E-state index contributed by atoms with van der Waals surface area (Å²) >= 11 is 0. The summed E-state index contributed by atoms with van der Waals surface area (Å²) in [6, 6.07) is 6.15. The minimum absolute atomic E-state index is 0.0138. The molecule has 0 aromatic heterocycles. The Bertz CT molecular complexity index is 577. The van der Waals surface area contributed by atoms with E-state index in [1.54, 1.807) is 0 Å². The van der Waals surface area contributed by atoms with Gasteiger partial charge in [-0.05, 0) is 36.5 Å². The van der Waals surface area contributed by atoms with Crippen molar-refractivity contribution in [2.45, 2.75) is 53.5 Å². The monoisotopic (exact) mass is 316 g/mol. The highest BCUT2D eigenvalue weighted by Crippen LogP contribution is 2.30. The molecular formula is C19H28N2O2. The van der Waals surface area contributed by atoms with Crippen LogP contribution in [0, 0.1) is 11.8 Å². The van der Waals surface area contributed by atoms with Crippen LogP contribution >= 0.6 is 0 Å². The summed E-state index contributed by atoms with van der Waals surface area (Å²) in [7, 11) is 0. The number of carbonyl (C=O) groups is 2. The summed E-state index contributed by atoms with van der Waals surface area (Å²) in [6.07, 6.45) is 2.64. The quantitative estimate of drug-likeness (QED) is 0.875. The second kappa shape index (κ2) is 7.62. The fourth-order valence-corrected chi connectivity index (χ4v) is 3.10. The fraction of sp³-hybridized carbons (Fsp3) is 0.579. The topological polar surface area (TPSA) is 49.4 Å². The molecule has 4 heteroatoms. The second-order valence-corrected chi connectivity index (χ2v) is 6.59. The van der Waals surface area contributed by atoms with Crippen molar-refractivity contribution in [3.05, 3.63) is 29.3 Å². The summed E-state index contributed by atoms with van der Waals surface area (Å²) < 4.78 is 0. The van der Waals surface area contributed by atoms with Gasteiger partial charge in [0.25, 0.3) is 0 Å². The molecule has 0 aliphatic carbocycles. The molecule has 126 valence electrons. The summed E-state index contributed by atoms with van der Waals surface area (Å²) in [5.74, 6) is 0.425. The van der Waals surface area contributed by atoms with Gasteiger partial charge >= 0.3 is 0 Å². The Morgan fingerprint density at radius 3 is 2.52 bits per heavy atom. The standard InChI is InChI=1S/C19H28N2O2/c1-5-15(6-2)18(22)20-12-14-7-8-17-16(11-14)9-10-21(17)19(23)13(3)4/h7-8,11,13,15H,5-6,9-10,12H2,1-4H3,(H,20,22). The predicted molar refractivity (Wildman–Crippen MR) is 93.3 cm³/mol. The zero-order valence-corrected chi connectivity index (χ0v) is 14.7. The van der Waals surface area contributed by atoms with Crippen molar-refractivity contribution < 1.29 is 9.59 Å². The Labute approximate surface area is 139 Å². The van der Waals surface area contributed by atoms with Gasteiger partial charge in [-0.25, -0.2) is 0 Å². The maximum atomic E-state index is 12.2. The number of carbonyl (C=O) groups excluding carboxylic acids is 2. The molecule has 2 amide bonds. The van der Waals surface area contributed by atoms with Crippen molar-refractivity contribution in [3.63, 3.8) is 0 Å². The van der Waals surface area contributed by atoms with Gasteiger partial charge in [0.1, 0.15) is 0 Å². The van der Waals surface area contributed by atoms with Crippen molar-refractivity contribution in [2.24, 2.45) is 11.8 Å². The molecule has 0 atom stereocenters. The van der Waals surface area contributed by atoms with E-state index in [0.717, 1.165) is 37.1 Å². The molecule has 1 aliphatic heterocycles. The first-order valence-electron chi connectivity index (χ1n) is 8.68. The SMILES string of the molecule is CCC(CC)C(=O)NCc1ccc2c(c1)CCN2C(=O)C(C)C. The van der Waals surface area contributed by atoms with Gasteiger partial charge in [0.15, 0.2) is 0 Å². The molecule has 0 radical (unpaired) electrons. The van der Waals surface area contributed by atoms with Crippen molar-refractivity contribution >= 4 is 17.5 Å². The van der Waals surface area contributed by atoms with Crippen LogP contribution in [0.25, 0.3) is 0 Å². The van der Waals surface area contributed by atoms with Gasteiger partial charge in [0.2, 0.25) is 11.8 Å². The first kappa shape index (κ1) is 17.5. The fourth-order valence-electron chi connectivity index (χ4n) is 3.10. The number of nitrogens with zero attached hydrogens (tertiary/aromatic N) is 1. The number of benzene rings is 1. The van der Waals surface area contributed by atoms with Gasteiger partial charge in [-0.1, -0.05) is 39.8 Å². The normalized spacial score (nSPS) is 13.6. The number of anilines is 1. The van der Waals surface area contributed by atoms with E-state index in [-0.39, 0.29) is 23.7 Å². The van der Waals surface area contributed by atoms with E-state index in [4.69, 9.17) is 0 Å². The van der Waals surface area contributed by atoms with Crippen LogP contribution in [0.15, 0.2) is 18.2 Å². The molecule has 1 aromatic rings. The van der Waals surface area contributed by atoms with Crippen LogP contribution < -0.4 is 10.2 Å². The number of fused-ring (bicyclic) bond motifs is 1. The number of hydrogen-bond donors (Lipinski definition) is 1. The van der Waals surface area contributed by atoms with E-state index in [2.05, 4.69) is 11.4 Å². The maximum absolute atomic E-state index is 12.2. The lowest BCUT2D eigenvalue weighted by atomic mass is 10.0. The van der Waals surface area contributed by atoms with Crippen LogP contribution in [0.2, 0.25) is 0 Å². The van der Waals surface area contributed by atoms with E-state index in [0.29, 0.717) is 6.54 Å². The zero-order chi connectivity index (χ0) is 17.0. The van der Waals surface area contributed by atoms with E-state index in [9.17, 15) is 9.59 Å². The lowest BCUT2D eigenvalue weighted by molar-refractivity contribution is -0.125. The molecule has 2 rings (SSSR count). The Morgan fingerprint density at radius 2 is 1.91 bits per heavy atom. The largest absolute Gasteiger partial charge is 0.352 e. The molecule has 0 unspecified atom stereocenters. The third-order valence-corrected chi connectivity index (χ3v) is 4.62. The summed E-state index contributed by atoms with van der Waals surface area (Å²) in [6.45, 7) is 9.27. The molecule has 1 aromatic carbocycles. The lowest BCUT2D eigenvalue weighted by Gasteiger charge is -2.20. The minimum Gasteiger partial charge on any atom is -0.352 e. The molecule has 4 nitrogen and oxygen atoms in total. The van der Waals surface area contributed by atoms with Gasteiger partial charge < -0.3 is 10.2 Å². The maximum Gasteiger partial charge on any atom is 0.229 e. The van der Waals surface area contributed by atoms with Gasteiger partial charge in [0.05, 0.1) is 0 Å². The zero-order valence-electron chi connectivity index (χ0n) is 14.7. The smallest absolute Gasteiger partial charge is 0.229 e. The molecule has 1 heterocycles. The van der Waals surface area contributed by atoms with Crippen molar-refractivity contribution in [1.29, 1.82) is 0 Å². The molecule has 0 bridgehead atoms. The molecule has 1 aliphatic rings. The Morgan fingerprint density at radius 1 is 1.22 bits per heavy atom. The summed E-state index contributed by atoms with van der Waals surface area (Å²) in [5.41, 5.74) is 3.33. The molecule has 0 fully saturated rings. The van der Waals surface area contributed by atoms with Crippen molar-refractivity contribution in [2.75, 3.05) is 11.4 Å². The van der Waals surface area contributed by atoms with Crippen LogP contribution in [0.1, 0.15) is 51.7 Å². The van der Waals surface area contributed by atoms with Crippen LogP contribution in [0.3, 0.4) is 0 Å². The third-order valence-electron chi connectivity index (χ3n) is 4.62. The predicted octanol–water partition coefficient (Wildman–Crippen LogP) is 3.28. The van der Waals surface area contributed by atoms with Gasteiger partial charge in [-0.15, -0.1) is 0 Å². The molecule has 0 saturated carbocycles. The van der Waals surface area contributed by atoms with Crippen molar-refractivity contribution in [1.82, 2.24) is 5.32 Å². The minimum atomic E-state index is 0.0138. The highest BCUT2D eigenvalue weighted by Gasteiger charge is 2.26. The van der Waals surface area contributed by atoms with Gasteiger partial charge in [-0.2, -0.15) is 0 Å². The molecular weight excluding hydrogens is 288 g/mol. The number of amides is 2. The highest BCUT2D eigenvalue weighted by molar-refractivity contribution is 5.96. The number of rotatable bonds is 6. The Hall–Kier alpha value is -1.84. The van der Waals surface area contributed by atoms with E-state index in [1.807, 2.05) is 44.7 Å². The average molecular weight is 316 g/mol. The number of hydrogen-bond acceptors (Lipinski definition) is 2. The summed E-state index contributed by atoms with van der Waals surface area (Å²) in [4.78, 5) is 26.2. The van der Waals surface area contributed by atoms with E-state index in [1.165, 1.54) is 5.56 Å².